The van der Waals surface area contributed by atoms with Gasteiger partial charge in [-0.1, -0.05) is 20.8 Å². The molecule has 1 heterocycles. The molecule has 0 fully saturated rings. The molecule has 0 aromatic carbocycles. The van der Waals surface area contributed by atoms with E-state index in [1.165, 1.54) is 11.3 Å². The molecule has 5 nitrogen and oxygen atoms in total. The van der Waals surface area contributed by atoms with Crippen LogP contribution in [0.25, 0.3) is 0 Å². The summed E-state index contributed by atoms with van der Waals surface area (Å²) >= 11 is 1.39. The molecule has 1 aromatic heterocycles. The number of nitrogens with one attached hydrogen (secondary N) is 1. The number of rotatable bonds is 10. The first-order valence-corrected chi connectivity index (χ1v) is 8.36. The Bertz CT molecular complexity index is 456. The monoisotopic (exact) mass is 313 g/mol. The summed E-state index contributed by atoms with van der Waals surface area (Å²) in [6.45, 7) is 10.2. The molecule has 0 aliphatic heterocycles. The second-order valence-electron chi connectivity index (χ2n) is 4.79. The number of nitrogens with zero attached hydrogens (tertiary/aromatic N) is 1. The molecular formula is C15H27N3O2S. The number of ether oxygens (including phenoxy) is 1. The summed E-state index contributed by atoms with van der Waals surface area (Å²) in [4.78, 5) is 14.8. The van der Waals surface area contributed by atoms with E-state index in [9.17, 15) is 4.79 Å². The molecule has 0 atom stereocenters. The van der Waals surface area contributed by atoms with Crippen LogP contribution in [-0.4, -0.2) is 44.0 Å². The molecule has 6 heteroatoms. The lowest BCUT2D eigenvalue weighted by atomic mass is 10.2. The smallest absolute Gasteiger partial charge is 0.176 e. The summed E-state index contributed by atoms with van der Waals surface area (Å²) in [7, 11) is 1.58. The molecular weight excluding hydrogens is 286 g/mol. The first kappa shape index (κ1) is 17.8. The molecule has 0 bridgehead atoms. The van der Waals surface area contributed by atoms with Crippen LogP contribution in [0.3, 0.4) is 0 Å². The first-order valence-electron chi connectivity index (χ1n) is 7.54. The van der Waals surface area contributed by atoms with Crippen molar-refractivity contribution < 1.29 is 9.53 Å². The number of methoxy groups -OCH3 is 1. The molecule has 1 aromatic rings. The fourth-order valence-corrected chi connectivity index (χ4v) is 3.29. The fraction of sp³-hybridized carbons (Fsp3) is 0.667. The van der Waals surface area contributed by atoms with Gasteiger partial charge in [0.1, 0.15) is 5.00 Å². The number of thiophene rings is 1. The van der Waals surface area contributed by atoms with Crippen molar-refractivity contribution in [1.82, 2.24) is 4.90 Å². The van der Waals surface area contributed by atoms with Crippen LogP contribution in [0, 0.1) is 0 Å². The highest BCUT2D eigenvalue weighted by Crippen LogP contribution is 2.42. The summed E-state index contributed by atoms with van der Waals surface area (Å²) in [5.41, 5.74) is 6.46. The first-order chi connectivity index (χ1) is 10.1. The van der Waals surface area contributed by atoms with Crippen LogP contribution in [0.5, 0.6) is 5.75 Å². The molecule has 0 radical (unpaired) electrons. The van der Waals surface area contributed by atoms with E-state index in [4.69, 9.17) is 10.5 Å². The number of hydrogen-bond acceptors (Lipinski definition) is 6. The van der Waals surface area contributed by atoms with Crippen LogP contribution >= 0.6 is 11.3 Å². The van der Waals surface area contributed by atoms with E-state index in [-0.39, 0.29) is 5.78 Å². The van der Waals surface area contributed by atoms with Crippen LogP contribution in [0.2, 0.25) is 0 Å². The van der Waals surface area contributed by atoms with Crippen LogP contribution in [0.4, 0.5) is 10.7 Å². The fourth-order valence-electron chi connectivity index (χ4n) is 2.16. The topological polar surface area (TPSA) is 67.6 Å². The number of hydrogen-bond donors (Lipinski definition) is 2. The minimum Gasteiger partial charge on any atom is -0.492 e. The van der Waals surface area contributed by atoms with E-state index in [1.807, 2.05) is 6.92 Å². The zero-order valence-electron chi connectivity index (χ0n) is 13.5. The second kappa shape index (κ2) is 8.89. The van der Waals surface area contributed by atoms with Crippen LogP contribution in [-0.2, 0) is 0 Å². The average Bonchev–Trinajstić information content (AvgIpc) is 2.82. The molecule has 0 spiro atoms. The van der Waals surface area contributed by atoms with Crippen molar-refractivity contribution in [3.8, 4) is 5.75 Å². The summed E-state index contributed by atoms with van der Waals surface area (Å²) < 4.78 is 5.33. The van der Waals surface area contributed by atoms with Gasteiger partial charge in [0.2, 0.25) is 0 Å². The zero-order chi connectivity index (χ0) is 15.8. The van der Waals surface area contributed by atoms with Gasteiger partial charge in [-0.3, -0.25) is 4.79 Å². The predicted molar refractivity (Wildman–Crippen MR) is 90.8 cm³/mol. The standard InChI is InChI=1S/C15H27N3O2S/c1-5-11(19)14-12(16)13(20-4)15(21-14)17-9-8-10-18(6-2)7-3/h17H,5-10,16H2,1-4H3. The Morgan fingerprint density at radius 3 is 2.52 bits per heavy atom. The van der Waals surface area contributed by atoms with Gasteiger partial charge < -0.3 is 20.7 Å². The van der Waals surface area contributed by atoms with E-state index in [1.54, 1.807) is 7.11 Å². The van der Waals surface area contributed by atoms with E-state index in [0.29, 0.717) is 22.7 Å². The zero-order valence-corrected chi connectivity index (χ0v) is 14.3. The largest absolute Gasteiger partial charge is 0.492 e. The van der Waals surface area contributed by atoms with Gasteiger partial charge in [-0.15, -0.1) is 11.3 Å². The summed E-state index contributed by atoms with van der Waals surface area (Å²) in [5.74, 6) is 0.659. The molecule has 0 aliphatic carbocycles. The van der Waals surface area contributed by atoms with Crippen LogP contribution in [0.15, 0.2) is 0 Å². The minimum atomic E-state index is 0.0620. The third kappa shape index (κ3) is 4.61. The highest BCUT2D eigenvalue weighted by Gasteiger charge is 2.20. The van der Waals surface area contributed by atoms with Gasteiger partial charge in [0.05, 0.1) is 17.7 Å². The normalized spacial score (nSPS) is 10.9. The molecule has 1 rings (SSSR count). The van der Waals surface area contributed by atoms with E-state index < -0.39 is 0 Å². The number of nitrogens with two attached hydrogens (primary N) is 1. The molecule has 0 aliphatic rings. The van der Waals surface area contributed by atoms with Gasteiger partial charge in [-0.05, 0) is 26.1 Å². The van der Waals surface area contributed by atoms with Gasteiger partial charge in [-0.25, -0.2) is 0 Å². The minimum absolute atomic E-state index is 0.0620. The Balaban J connectivity index is 2.64. The number of carbonyl (C=O) groups is 1. The maximum absolute atomic E-state index is 11.9. The molecule has 0 amide bonds. The van der Waals surface area contributed by atoms with Crippen molar-refractivity contribution in [2.75, 3.05) is 44.3 Å². The van der Waals surface area contributed by atoms with Crippen LogP contribution < -0.4 is 15.8 Å². The Morgan fingerprint density at radius 1 is 1.33 bits per heavy atom. The van der Waals surface area contributed by atoms with Gasteiger partial charge in [0.15, 0.2) is 11.5 Å². The lowest BCUT2D eigenvalue weighted by molar-refractivity contribution is 0.0992. The number of carbonyl (C=O) groups excluding carboxylic acids is 1. The third-order valence-corrected chi connectivity index (χ3v) is 4.69. The summed E-state index contributed by atoms with van der Waals surface area (Å²) in [6.07, 6.45) is 1.50. The summed E-state index contributed by atoms with van der Waals surface area (Å²) in [5, 5.41) is 4.20. The van der Waals surface area contributed by atoms with E-state index in [2.05, 4.69) is 24.1 Å². The Kier molecular flexibility index (Phi) is 7.53. The third-order valence-electron chi connectivity index (χ3n) is 3.51. The van der Waals surface area contributed by atoms with Gasteiger partial charge >= 0.3 is 0 Å². The maximum Gasteiger partial charge on any atom is 0.176 e. The Hall–Kier alpha value is -1.27. The van der Waals surface area contributed by atoms with Gasteiger partial charge in [0, 0.05) is 13.0 Å². The SMILES string of the molecule is CCC(=O)c1sc(NCCCN(CC)CC)c(OC)c1N. The van der Waals surface area contributed by atoms with Gasteiger partial charge in [0.25, 0.3) is 0 Å². The van der Waals surface area contributed by atoms with Crippen molar-refractivity contribution >= 4 is 27.8 Å². The van der Waals surface area contributed by atoms with E-state index >= 15 is 0 Å². The molecule has 120 valence electrons. The molecule has 0 saturated heterocycles. The summed E-state index contributed by atoms with van der Waals surface area (Å²) in [6, 6.07) is 0. The molecule has 21 heavy (non-hydrogen) atoms. The molecule has 0 saturated carbocycles. The second-order valence-corrected chi connectivity index (χ2v) is 5.81. The van der Waals surface area contributed by atoms with Crippen molar-refractivity contribution in [2.45, 2.75) is 33.6 Å². The number of ketones is 1. The number of anilines is 2. The maximum atomic E-state index is 11.9. The Morgan fingerprint density at radius 2 is 2.00 bits per heavy atom. The molecule has 3 N–H and O–H groups in total. The van der Waals surface area contributed by atoms with Crippen LogP contribution in [0.1, 0.15) is 43.3 Å². The number of nitrogen functional groups attached to an aromatic ring is 1. The van der Waals surface area contributed by atoms with E-state index in [0.717, 1.165) is 37.6 Å². The van der Waals surface area contributed by atoms with Crippen molar-refractivity contribution in [2.24, 2.45) is 0 Å². The lowest BCUT2D eigenvalue weighted by Crippen LogP contribution is -2.25. The van der Waals surface area contributed by atoms with Crippen molar-refractivity contribution in [3.05, 3.63) is 4.88 Å². The average molecular weight is 313 g/mol. The van der Waals surface area contributed by atoms with Crippen molar-refractivity contribution in [3.63, 3.8) is 0 Å². The lowest BCUT2D eigenvalue weighted by Gasteiger charge is -2.17. The molecule has 0 unspecified atom stereocenters. The van der Waals surface area contributed by atoms with Gasteiger partial charge in [-0.2, -0.15) is 0 Å². The number of Topliss-reactive ketones (excluding diaryl/α,β-unsaturated/α-hetero) is 1. The quantitative estimate of drug-likeness (QED) is 0.513. The highest BCUT2D eigenvalue weighted by molar-refractivity contribution is 7.19. The van der Waals surface area contributed by atoms with Crippen molar-refractivity contribution in [1.29, 1.82) is 0 Å². The Labute approximate surface area is 131 Å². The highest BCUT2D eigenvalue weighted by atomic mass is 32.1. The predicted octanol–water partition coefficient (Wildman–Crippen LogP) is 3.08.